The van der Waals surface area contributed by atoms with E-state index in [-0.39, 0.29) is 6.03 Å². The van der Waals surface area contributed by atoms with Gasteiger partial charge in [-0.05, 0) is 30.7 Å². The molecular weight excluding hydrogens is 324 g/mol. The van der Waals surface area contributed by atoms with Crippen molar-refractivity contribution in [2.75, 3.05) is 45.8 Å². The third-order valence-corrected chi connectivity index (χ3v) is 4.38. The predicted octanol–water partition coefficient (Wildman–Crippen LogP) is 2.33. The van der Waals surface area contributed by atoms with Gasteiger partial charge in [-0.25, -0.2) is 4.79 Å². The van der Waals surface area contributed by atoms with E-state index in [2.05, 4.69) is 39.1 Å². The molecule has 1 aromatic carbocycles. The van der Waals surface area contributed by atoms with Gasteiger partial charge in [0, 0.05) is 50.8 Å². The minimum absolute atomic E-state index is 0.123. The van der Waals surface area contributed by atoms with Crippen molar-refractivity contribution >= 4 is 17.6 Å². The number of carbonyl (C=O) groups excluding carboxylic acids is 1. The maximum absolute atomic E-state index is 11.4. The van der Waals surface area contributed by atoms with Crippen molar-refractivity contribution in [3.8, 4) is 0 Å². The molecular formula is C18H27ClN4O. The van der Waals surface area contributed by atoms with Crippen LogP contribution >= 0.6 is 11.6 Å². The second kappa shape index (κ2) is 10.3. The average Bonchev–Trinajstić information content (AvgIpc) is 2.60. The Balaban J connectivity index is 1.56. The fourth-order valence-corrected chi connectivity index (χ4v) is 2.88. The van der Waals surface area contributed by atoms with Crippen molar-refractivity contribution in [1.82, 2.24) is 20.4 Å². The maximum atomic E-state index is 11.4. The first-order chi connectivity index (χ1) is 11.7. The Morgan fingerprint density at radius 3 is 2.46 bits per heavy atom. The van der Waals surface area contributed by atoms with Crippen molar-refractivity contribution in [1.29, 1.82) is 0 Å². The molecule has 0 aromatic heterocycles. The van der Waals surface area contributed by atoms with E-state index in [9.17, 15) is 4.79 Å². The fraction of sp³-hybridized carbons (Fsp3) is 0.500. The van der Waals surface area contributed by atoms with Crippen molar-refractivity contribution in [2.24, 2.45) is 0 Å². The van der Waals surface area contributed by atoms with Crippen LogP contribution in [0.2, 0.25) is 5.02 Å². The summed E-state index contributed by atoms with van der Waals surface area (Å²) >= 11 is 5.92. The van der Waals surface area contributed by atoms with Gasteiger partial charge in [-0.1, -0.05) is 29.8 Å². The first-order valence-corrected chi connectivity index (χ1v) is 8.87. The molecule has 5 nitrogen and oxygen atoms in total. The molecule has 1 fully saturated rings. The molecule has 0 aliphatic carbocycles. The Kier molecular flexibility index (Phi) is 8.08. The van der Waals surface area contributed by atoms with Crippen LogP contribution in [0.3, 0.4) is 0 Å². The molecule has 132 valence electrons. The topological polar surface area (TPSA) is 47.6 Å². The van der Waals surface area contributed by atoms with Gasteiger partial charge in [0.2, 0.25) is 0 Å². The summed E-state index contributed by atoms with van der Waals surface area (Å²) in [5.41, 5.74) is 1.31. The van der Waals surface area contributed by atoms with Crippen LogP contribution in [0.5, 0.6) is 0 Å². The van der Waals surface area contributed by atoms with Crippen LogP contribution in [-0.4, -0.2) is 61.6 Å². The van der Waals surface area contributed by atoms with Gasteiger partial charge in [0.25, 0.3) is 0 Å². The quantitative estimate of drug-likeness (QED) is 0.559. The van der Waals surface area contributed by atoms with Gasteiger partial charge in [0.05, 0.1) is 0 Å². The average molecular weight is 351 g/mol. The molecule has 1 aliphatic rings. The van der Waals surface area contributed by atoms with Crippen LogP contribution in [0.4, 0.5) is 4.79 Å². The third kappa shape index (κ3) is 6.91. The van der Waals surface area contributed by atoms with Crippen LogP contribution in [0, 0.1) is 0 Å². The van der Waals surface area contributed by atoms with Gasteiger partial charge >= 0.3 is 6.03 Å². The lowest BCUT2D eigenvalue weighted by Crippen LogP contribution is -2.46. The summed E-state index contributed by atoms with van der Waals surface area (Å²) < 4.78 is 0. The zero-order valence-electron chi connectivity index (χ0n) is 14.1. The molecule has 0 radical (unpaired) electrons. The van der Waals surface area contributed by atoms with Gasteiger partial charge < -0.3 is 15.5 Å². The molecule has 1 saturated heterocycles. The lowest BCUT2D eigenvalue weighted by molar-refractivity contribution is 0.126. The normalized spacial score (nSPS) is 15.9. The Bertz CT molecular complexity index is 512. The SMILES string of the molecule is C=CCNC(=O)NCCCN1CCN(Cc2ccc(Cl)cc2)CC1. The van der Waals surface area contributed by atoms with Crippen LogP contribution in [0.1, 0.15) is 12.0 Å². The first kappa shape index (κ1) is 18.8. The summed E-state index contributed by atoms with van der Waals surface area (Å²) in [6, 6.07) is 7.97. The van der Waals surface area contributed by atoms with E-state index in [1.807, 2.05) is 12.1 Å². The molecule has 1 heterocycles. The molecule has 24 heavy (non-hydrogen) atoms. The van der Waals surface area contributed by atoms with Crippen LogP contribution < -0.4 is 10.6 Å². The van der Waals surface area contributed by atoms with Crippen LogP contribution in [0.15, 0.2) is 36.9 Å². The number of hydrogen-bond acceptors (Lipinski definition) is 3. The van der Waals surface area contributed by atoms with Gasteiger partial charge in [0.15, 0.2) is 0 Å². The lowest BCUT2D eigenvalue weighted by atomic mass is 10.2. The maximum Gasteiger partial charge on any atom is 0.315 e. The molecule has 0 unspecified atom stereocenters. The minimum Gasteiger partial charge on any atom is -0.338 e. The molecule has 0 saturated carbocycles. The van der Waals surface area contributed by atoms with E-state index >= 15 is 0 Å². The van der Waals surface area contributed by atoms with E-state index < -0.39 is 0 Å². The molecule has 2 N–H and O–H groups in total. The number of piperazine rings is 1. The van der Waals surface area contributed by atoms with Crippen molar-refractivity contribution in [3.63, 3.8) is 0 Å². The second-order valence-corrected chi connectivity index (χ2v) is 6.46. The Hall–Kier alpha value is -1.56. The molecule has 0 bridgehead atoms. The summed E-state index contributed by atoms with van der Waals surface area (Å²) in [6.45, 7) is 11.1. The van der Waals surface area contributed by atoms with E-state index in [0.717, 1.165) is 50.7 Å². The van der Waals surface area contributed by atoms with E-state index in [0.29, 0.717) is 13.1 Å². The van der Waals surface area contributed by atoms with Crippen molar-refractivity contribution < 1.29 is 4.79 Å². The smallest absolute Gasteiger partial charge is 0.315 e. The zero-order valence-corrected chi connectivity index (χ0v) is 14.9. The third-order valence-electron chi connectivity index (χ3n) is 4.13. The van der Waals surface area contributed by atoms with E-state index in [1.165, 1.54) is 5.56 Å². The highest BCUT2D eigenvalue weighted by Gasteiger charge is 2.16. The highest BCUT2D eigenvalue weighted by molar-refractivity contribution is 6.30. The molecule has 2 rings (SSSR count). The molecule has 2 amide bonds. The molecule has 1 aliphatic heterocycles. The molecule has 0 spiro atoms. The van der Waals surface area contributed by atoms with E-state index in [4.69, 9.17) is 11.6 Å². The monoisotopic (exact) mass is 350 g/mol. The highest BCUT2D eigenvalue weighted by Crippen LogP contribution is 2.12. The number of urea groups is 1. The summed E-state index contributed by atoms with van der Waals surface area (Å²) in [7, 11) is 0. The number of amides is 2. The Morgan fingerprint density at radius 1 is 1.12 bits per heavy atom. The Morgan fingerprint density at radius 2 is 1.79 bits per heavy atom. The van der Waals surface area contributed by atoms with Gasteiger partial charge in [-0.2, -0.15) is 0 Å². The largest absolute Gasteiger partial charge is 0.338 e. The van der Waals surface area contributed by atoms with Gasteiger partial charge in [-0.3, -0.25) is 4.90 Å². The molecule has 6 heteroatoms. The summed E-state index contributed by atoms with van der Waals surface area (Å²) in [5.74, 6) is 0. The number of benzene rings is 1. The number of rotatable bonds is 8. The first-order valence-electron chi connectivity index (χ1n) is 8.49. The summed E-state index contributed by atoms with van der Waals surface area (Å²) in [5, 5.41) is 6.35. The summed E-state index contributed by atoms with van der Waals surface area (Å²) in [4.78, 5) is 16.3. The fourth-order valence-electron chi connectivity index (χ4n) is 2.75. The standard InChI is InChI=1S/C18H27ClN4O/c1-2-8-20-18(24)21-9-3-10-22-11-13-23(14-12-22)15-16-4-6-17(19)7-5-16/h2,4-7H,1,3,8-15H2,(H2,20,21,24). The molecule has 1 aromatic rings. The van der Waals surface area contributed by atoms with Crippen molar-refractivity contribution in [2.45, 2.75) is 13.0 Å². The number of carbonyl (C=O) groups is 1. The van der Waals surface area contributed by atoms with Crippen LogP contribution in [0.25, 0.3) is 0 Å². The van der Waals surface area contributed by atoms with Gasteiger partial charge in [0.1, 0.15) is 0 Å². The summed E-state index contributed by atoms with van der Waals surface area (Å²) in [6.07, 6.45) is 2.64. The van der Waals surface area contributed by atoms with Gasteiger partial charge in [-0.15, -0.1) is 6.58 Å². The number of nitrogens with zero attached hydrogens (tertiary/aromatic N) is 2. The predicted molar refractivity (Wildman–Crippen MR) is 99.4 cm³/mol. The zero-order chi connectivity index (χ0) is 17.2. The van der Waals surface area contributed by atoms with Crippen molar-refractivity contribution in [3.05, 3.63) is 47.5 Å². The number of hydrogen-bond donors (Lipinski definition) is 2. The minimum atomic E-state index is -0.123. The Labute approximate surface area is 149 Å². The number of halogens is 1. The number of nitrogens with one attached hydrogen (secondary N) is 2. The second-order valence-electron chi connectivity index (χ2n) is 6.02. The molecule has 0 atom stereocenters. The van der Waals surface area contributed by atoms with E-state index in [1.54, 1.807) is 6.08 Å². The van der Waals surface area contributed by atoms with Crippen LogP contribution in [-0.2, 0) is 6.54 Å². The highest BCUT2D eigenvalue weighted by atomic mass is 35.5. The lowest BCUT2D eigenvalue weighted by Gasteiger charge is -2.34.